The van der Waals surface area contributed by atoms with Crippen molar-refractivity contribution in [3.63, 3.8) is 0 Å². The highest BCUT2D eigenvalue weighted by Gasteiger charge is 2.32. The van der Waals surface area contributed by atoms with Gasteiger partial charge in [0.25, 0.3) is 0 Å². The summed E-state index contributed by atoms with van der Waals surface area (Å²) in [6, 6.07) is 0.0399. The summed E-state index contributed by atoms with van der Waals surface area (Å²) in [4.78, 5) is 4.76. The SMILES string of the molecule is CCOC(CC)(CC)c1nc(C(N)CC(C)C)cs1. The lowest BCUT2D eigenvalue weighted by Gasteiger charge is -2.29. The van der Waals surface area contributed by atoms with Crippen LogP contribution in [0, 0.1) is 5.92 Å². The molecule has 110 valence electrons. The molecule has 0 saturated carbocycles. The number of nitrogens with two attached hydrogens (primary N) is 1. The Hall–Kier alpha value is -0.450. The van der Waals surface area contributed by atoms with Crippen molar-refractivity contribution in [2.24, 2.45) is 11.7 Å². The summed E-state index contributed by atoms with van der Waals surface area (Å²) in [5.41, 5.74) is 7.00. The van der Waals surface area contributed by atoms with Crippen LogP contribution in [0.25, 0.3) is 0 Å². The van der Waals surface area contributed by atoms with Crippen molar-refractivity contribution in [2.45, 2.75) is 65.5 Å². The Kier molecular flexibility index (Phi) is 6.43. The minimum absolute atomic E-state index is 0.0399. The summed E-state index contributed by atoms with van der Waals surface area (Å²) in [6.07, 6.45) is 2.87. The minimum atomic E-state index is -0.227. The number of hydrogen-bond acceptors (Lipinski definition) is 4. The second kappa shape index (κ2) is 7.36. The normalized spacial score (nSPS) is 14.1. The molecule has 0 bridgehead atoms. The molecule has 0 aromatic carbocycles. The Morgan fingerprint density at radius 3 is 2.42 bits per heavy atom. The van der Waals surface area contributed by atoms with Gasteiger partial charge in [-0.15, -0.1) is 11.3 Å². The second-order valence-corrected chi connectivity index (χ2v) is 6.31. The maximum absolute atomic E-state index is 6.21. The fraction of sp³-hybridized carbons (Fsp3) is 0.800. The highest BCUT2D eigenvalue weighted by Crippen LogP contribution is 2.36. The number of hydrogen-bond donors (Lipinski definition) is 1. The summed E-state index contributed by atoms with van der Waals surface area (Å²) in [5, 5.41) is 3.18. The van der Waals surface area contributed by atoms with E-state index in [1.54, 1.807) is 11.3 Å². The van der Waals surface area contributed by atoms with Gasteiger partial charge in [0.2, 0.25) is 0 Å². The Labute approximate surface area is 121 Å². The van der Waals surface area contributed by atoms with Crippen molar-refractivity contribution in [3.05, 3.63) is 16.1 Å². The standard InChI is InChI=1S/C15H28N2OS/c1-6-15(7-2,18-8-3)14-17-13(10-19-14)12(16)9-11(4)5/h10-12H,6-9,16H2,1-5H3. The third-order valence-electron chi connectivity index (χ3n) is 3.58. The lowest BCUT2D eigenvalue weighted by Crippen LogP contribution is -2.28. The molecule has 0 radical (unpaired) electrons. The van der Waals surface area contributed by atoms with E-state index in [1.807, 2.05) is 6.92 Å². The predicted molar refractivity (Wildman–Crippen MR) is 82.4 cm³/mol. The number of thiazole rings is 1. The van der Waals surface area contributed by atoms with Crippen molar-refractivity contribution in [1.29, 1.82) is 0 Å². The Bertz CT molecular complexity index is 372. The van der Waals surface area contributed by atoms with Crippen LogP contribution >= 0.6 is 11.3 Å². The topological polar surface area (TPSA) is 48.1 Å². The van der Waals surface area contributed by atoms with E-state index in [1.165, 1.54) is 0 Å². The summed E-state index contributed by atoms with van der Waals surface area (Å²) in [7, 11) is 0. The van der Waals surface area contributed by atoms with Gasteiger partial charge in [0.15, 0.2) is 0 Å². The second-order valence-electron chi connectivity index (χ2n) is 5.45. The van der Waals surface area contributed by atoms with E-state index >= 15 is 0 Å². The van der Waals surface area contributed by atoms with Crippen molar-refractivity contribution >= 4 is 11.3 Å². The van der Waals surface area contributed by atoms with Crippen molar-refractivity contribution in [1.82, 2.24) is 4.98 Å². The van der Waals surface area contributed by atoms with Crippen LogP contribution in [0.4, 0.5) is 0 Å². The van der Waals surface area contributed by atoms with Gasteiger partial charge in [0.05, 0.1) is 5.69 Å². The van der Waals surface area contributed by atoms with Crippen LogP contribution in [0.15, 0.2) is 5.38 Å². The number of rotatable bonds is 8. The molecule has 1 aromatic heterocycles. The van der Waals surface area contributed by atoms with E-state index in [9.17, 15) is 0 Å². The molecule has 0 aliphatic heterocycles. The Morgan fingerprint density at radius 2 is 1.95 bits per heavy atom. The van der Waals surface area contributed by atoms with Gasteiger partial charge >= 0.3 is 0 Å². The molecule has 0 fully saturated rings. The maximum Gasteiger partial charge on any atom is 0.125 e. The van der Waals surface area contributed by atoms with Crippen LogP contribution in [0.5, 0.6) is 0 Å². The van der Waals surface area contributed by atoms with E-state index in [-0.39, 0.29) is 11.6 Å². The first kappa shape index (κ1) is 16.6. The van der Waals surface area contributed by atoms with Crippen LogP contribution in [-0.4, -0.2) is 11.6 Å². The molecule has 1 unspecified atom stereocenters. The molecule has 1 aromatic rings. The van der Waals surface area contributed by atoms with Gasteiger partial charge in [0.1, 0.15) is 10.6 Å². The first-order valence-electron chi connectivity index (χ1n) is 7.34. The predicted octanol–water partition coefficient (Wildman–Crippen LogP) is 4.24. The molecule has 0 aliphatic carbocycles. The van der Waals surface area contributed by atoms with E-state index in [4.69, 9.17) is 15.5 Å². The van der Waals surface area contributed by atoms with Gasteiger partial charge in [-0.1, -0.05) is 27.7 Å². The van der Waals surface area contributed by atoms with Crippen LogP contribution < -0.4 is 5.73 Å². The molecule has 0 amide bonds. The Balaban J connectivity index is 2.92. The van der Waals surface area contributed by atoms with E-state index in [0.29, 0.717) is 12.5 Å². The van der Waals surface area contributed by atoms with Crippen LogP contribution in [0.1, 0.15) is 70.6 Å². The summed E-state index contributed by atoms with van der Waals surface area (Å²) in [5.74, 6) is 0.592. The lowest BCUT2D eigenvalue weighted by atomic mass is 9.97. The molecule has 0 aliphatic rings. The quantitative estimate of drug-likeness (QED) is 0.776. The van der Waals surface area contributed by atoms with E-state index in [2.05, 4.69) is 33.1 Å². The lowest BCUT2D eigenvalue weighted by molar-refractivity contribution is -0.0507. The van der Waals surface area contributed by atoms with E-state index < -0.39 is 0 Å². The summed E-state index contributed by atoms with van der Waals surface area (Å²) < 4.78 is 6.00. The number of aromatic nitrogens is 1. The molecule has 1 heterocycles. The minimum Gasteiger partial charge on any atom is -0.368 e. The van der Waals surface area contributed by atoms with Gasteiger partial charge in [-0.25, -0.2) is 4.98 Å². The van der Waals surface area contributed by atoms with Gasteiger partial charge in [-0.2, -0.15) is 0 Å². The average molecular weight is 284 g/mol. The van der Waals surface area contributed by atoms with Gasteiger partial charge < -0.3 is 10.5 Å². The highest BCUT2D eigenvalue weighted by molar-refractivity contribution is 7.09. The molecule has 1 atom stereocenters. The zero-order chi connectivity index (χ0) is 14.5. The van der Waals surface area contributed by atoms with Crippen molar-refractivity contribution < 1.29 is 4.74 Å². The van der Waals surface area contributed by atoms with Gasteiger partial charge in [0, 0.05) is 18.0 Å². The molecular weight excluding hydrogens is 256 g/mol. The maximum atomic E-state index is 6.21. The van der Waals surface area contributed by atoms with Crippen LogP contribution in [0.3, 0.4) is 0 Å². The molecule has 19 heavy (non-hydrogen) atoms. The third kappa shape index (κ3) is 4.01. The zero-order valence-corrected chi connectivity index (χ0v) is 13.7. The highest BCUT2D eigenvalue weighted by atomic mass is 32.1. The van der Waals surface area contributed by atoms with Crippen molar-refractivity contribution in [3.8, 4) is 0 Å². The fourth-order valence-electron chi connectivity index (χ4n) is 2.39. The molecule has 0 spiro atoms. The average Bonchev–Trinajstić information content (AvgIpc) is 2.85. The first-order valence-corrected chi connectivity index (χ1v) is 8.22. The molecule has 4 heteroatoms. The van der Waals surface area contributed by atoms with Crippen LogP contribution in [-0.2, 0) is 10.3 Å². The fourth-order valence-corrected chi connectivity index (χ4v) is 3.57. The number of nitrogens with zero attached hydrogens (tertiary/aromatic N) is 1. The van der Waals surface area contributed by atoms with Crippen LogP contribution in [0.2, 0.25) is 0 Å². The molecule has 1 rings (SSSR count). The molecule has 3 nitrogen and oxygen atoms in total. The Morgan fingerprint density at radius 1 is 1.32 bits per heavy atom. The smallest absolute Gasteiger partial charge is 0.125 e. The summed E-state index contributed by atoms with van der Waals surface area (Å²) in [6.45, 7) is 11.5. The zero-order valence-electron chi connectivity index (χ0n) is 12.9. The molecule has 0 saturated heterocycles. The summed E-state index contributed by atoms with van der Waals surface area (Å²) >= 11 is 1.68. The molecule has 2 N–H and O–H groups in total. The monoisotopic (exact) mass is 284 g/mol. The third-order valence-corrected chi connectivity index (χ3v) is 4.63. The van der Waals surface area contributed by atoms with E-state index in [0.717, 1.165) is 30.0 Å². The largest absolute Gasteiger partial charge is 0.368 e. The first-order chi connectivity index (χ1) is 8.99. The van der Waals surface area contributed by atoms with Crippen molar-refractivity contribution in [2.75, 3.05) is 6.61 Å². The number of ether oxygens (including phenoxy) is 1. The molecular formula is C15H28N2OS. The van der Waals surface area contributed by atoms with Gasteiger partial charge in [-0.05, 0) is 32.1 Å². The van der Waals surface area contributed by atoms with Gasteiger partial charge in [-0.3, -0.25) is 0 Å².